The van der Waals surface area contributed by atoms with Gasteiger partial charge in [-0.1, -0.05) is 17.7 Å². The molecule has 1 aromatic carbocycles. The second-order valence-corrected chi connectivity index (χ2v) is 6.89. The monoisotopic (exact) mass is 386 g/mol. The van der Waals surface area contributed by atoms with Crippen molar-refractivity contribution in [2.24, 2.45) is 0 Å². The highest BCUT2D eigenvalue weighted by molar-refractivity contribution is 5.98. The van der Waals surface area contributed by atoms with Gasteiger partial charge in [-0.2, -0.15) is 5.10 Å². The van der Waals surface area contributed by atoms with Crippen molar-refractivity contribution in [1.82, 2.24) is 15.1 Å². The molecule has 0 aliphatic rings. The SMILES string of the molecule is Cc1cccc(C(=O)N[C@@H](C)C(=O)O[C@H](C)C(=O)Nc2ccnn2C(C)C)c1. The Kier molecular flexibility index (Phi) is 6.92. The van der Waals surface area contributed by atoms with Gasteiger partial charge in [0.25, 0.3) is 11.8 Å². The summed E-state index contributed by atoms with van der Waals surface area (Å²) < 4.78 is 6.84. The molecule has 0 saturated carbocycles. The van der Waals surface area contributed by atoms with Crippen LogP contribution in [0, 0.1) is 6.92 Å². The lowest BCUT2D eigenvalue weighted by atomic mass is 10.1. The van der Waals surface area contributed by atoms with Crippen molar-refractivity contribution in [3.63, 3.8) is 0 Å². The first-order valence-corrected chi connectivity index (χ1v) is 9.11. The summed E-state index contributed by atoms with van der Waals surface area (Å²) in [6.07, 6.45) is 0.552. The number of hydrogen-bond acceptors (Lipinski definition) is 5. The van der Waals surface area contributed by atoms with Gasteiger partial charge in [0, 0.05) is 17.7 Å². The van der Waals surface area contributed by atoms with E-state index in [1.807, 2.05) is 26.8 Å². The quantitative estimate of drug-likeness (QED) is 0.712. The molecule has 0 bridgehead atoms. The van der Waals surface area contributed by atoms with Gasteiger partial charge in [0.05, 0.1) is 6.20 Å². The van der Waals surface area contributed by atoms with E-state index in [4.69, 9.17) is 4.74 Å². The van der Waals surface area contributed by atoms with Crippen molar-refractivity contribution in [2.75, 3.05) is 5.32 Å². The van der Waals surface area contributed by atoms with Crippen LogP contribution in [0.25, 0.3) is 0 Å². The van der Waals surface area contributed by atoms with Gasteiger partial charge in [-0.3, -0.25) is 9.59 Å². The number of carbonyl (C=O) groups excluding carboxylic acids is 3. The Bertz CT molecular complexity index is 859. The summed E-state index contributed by atoms with van der Waals surface area (Å²) in [4.78, 5) is 36.8. The molecule has 0 unspecified atom stereocenters. The zero-order valence-corrected chi connectivity index (χ0v) is 16.7. The van der Waals surface area contributed by atoms with Crippen LogP contribution in [-0.2, 0) is 14.3 Å². The number of nitrogens with zero attached hydrogens (tertiary/aromatic N) is 2. The second-order valence-electron chi connectivity index (χ2n) is 6.89. The number of aryl methyl sites for hydroxylation is 1. The maximum Gasteiger partial charge on any atom is 0.329 e. The minimum atomic E-state index is -1.03. The topological polar surface area (TPSA) is 102 Å². The van der Waals surface area contributed by atoms with Crippen molar-refractivity contribution in [3.8, 4) is 0 Å². The Morgan fingerprint density at radius 3 is 2.46 bits per heavy atom. The molecule has 150 valence electrons. The van der Waals surface area contributed by atoms with E-state index in [0.29, 0.717) is 11.4 Å². The van der Waals surface area contributed by atoms with Crippen LogP contribution in [0.15, 0.2) is 36.5 Å². The molecule has 1 heterocycles. The average molecular weight is 386 g/mol. The molecular formula is C20H26N4O4. The fourth-order valence-corrected chi connectivity index (χ4v) is 2.51. The van der Waals surface area contributed by atoms with Gasteiger partial charge in [0.1, 0.15) is 11.9 Å². The van der Waals surface area contributed by atoms with Crippen LogP contribution in [0.5, 0.6) is 0 Å². The standard InChI is InChI=1S/C20H26N4O4/c1-12(2)24-17(9-10-21-24)23-18(25)15(5)28-20(27)14(4)22-19(26)16-8-6-7-13(3)11-16/h6-12,14-15H,1-5H3,(H,22,26)(H,23,25)/t14-,15+/m0/s1. The minimum absolute atomic E-state index is 0.0695. The minimum Gasteiger partial charge on any atom is -0.451 e. The summed E-state index contributed by atoms with van der Waals surface area (Å²) in [5.41, 5.74) is 1.39. The molecule has 2 amide bonds. The predicted molar refractivity (Wildman–Crippen MR) is 105 cm³/mol. The van der Waals surface area contributed by atoms with Gasteiger partial charge in [-0.05, 0) is 46.8 Å². The number of ether oxygens (including phenoxy) is 1. The van der Waals surface area contributed by atoms with Gasteiger partial charge in [-0.25, -0.2) is 9.48 Å². The van der Waals surface area contributed by atoms with E-state index in [0.717, 1.165) is 5.56 Å². The number of aromatic nitrogens is 2. The molecule has 2 N–H and O–H groups in total. The fraction of sp³-hybridized carbons (Fsp3) is 0.400. The number of carbonyl (C=O) groups is 3. The first-order valence-electron chi connectivity index (χ1n) is 9.11. The lowest BCUT2D eigenvalue weighted by Crippen LogP contribution is -2.42. The molecule has 0 fully saturated rings. The summed E-state index contributed by atoms with van der Waals surface area (Å²) in [6, 6.07) is 7.86. The summed E-state index contributed by atoms with van der Waals surface area (Å²) in [6.45, 7) is 8.72. The van der Waals surface area contributed by atoms with E-state index < -0.39 is 24.0 Å². The van der Waals surface area contributed by atoms with Gasteiger partial charge in [-0.15, -0.1) is 0 Å². The summed E-state index contributed by atoms with van der Waals surface area (Å²) in [5.74, 6) is -1.04. The Labute approximate surface area is 164 Å². The van der Waals surface area contributed by atoms with Crippen molar-refractivity contribution >= 4 is 23.6 Å². The van der Waals surface area contributed by atoms with Crippen LogP contribution in [0.4, 0.5) is 5.82 Å². The van der Waals surface area contributed by atoms with E-state index in [1.165, 1.54) is 13.8 Å². The van der Waals surface area contributed by atoms with E-state index >= 15 is 0 Å². The summed E-state index contributed by atoms with van der Waals surface area (Å²) in [5, 5.41) is 9.40. The number of benzene rings is 1. The number of nitrogens with one attached hydrogen (secondary N) is 2. The van der Waals surface area contributed by atoms with Crippen molar-refractivity contribution in [3.05, 3.63) is 47.7 Å². The first kappa shape index (κ1) is 21.1. The fourth-order valence-electron chi connectivity index (χ4n) is 2.51. The zero-order chi connectivity index (χ0) is 20.8. The van der Waals surface area contributed by atoms with Gasteiger partial charge < -0.3 is 15.4 Å². The number of amides is 2. The third-order valence-corrected chi connectivity index (χ3v) is 4.05. The molecule has 0 aliphatic carbocycles. The predicted octanol–water partition coefficient (Wildman–Crippen LogP) is 2.46. The van der Waals surface area contributed by atoms with Crippen LogP contribution < -0.4 is 10.6 Å². The zero-order valence-electron chi connectivity index (χ0n) is 16.7. The molecule has 28 heavy (non-hydrogen) atoms. The maximum absolute atomic E-state index is 12.3. The van der Waals surface area contributed by atoms with E-state index in [1.54, 1.807) is 35.1 Å². The number of hydrogen-bond donors (Lipinski definition) is 2. The van der Waals surface area contributed by atoms with Crippen LogP contribution >= 0.6 is 0 Å². The van der Waals surface area contributed by atoms with Crippen LogP contribution in [0.1, 0.15) is 49.7 Å². The van der Waals surface area contributed by atoms with Gasteiger partial charge >= 0.3 is 5.97 Å². The average Bonchev–Trinajstić information content (AvgIpc) is 3.09. The number of anilines is 1. The number of rotatable bonds is 7. The molecule has 2 atom stereocenters. The molecule has 2 rings (SSSR count). The Hall–Kier alpha value is -3.16. The molecule has 2 aromatic rings. The lowest BCUT2D eigenvalue weighted by molar-refractivity contribution is -0.154. The van der Waals surface area contributed by atoms with E-state index in [-0.39, 0.29) is 11.9 Å². The molecular weight excluding hydrogens is 360 g/mol. The van der Waals surface area contributed by atoms with Gasteiger partial charge in [0.15, 0.2) is 6.10 Å². The van der Waals surface area contributed by atoms with Crippen LogP contribution in [0.3, 0.4) is 0 Å². The molecule has 0 saturated heterocycles. The van der Waals surface area contributed by atoms with E-state index in [2.05, 4.69) is 15.7 Å². The molecule has 8 heteroatoms. The highest BCUT2D eigenvalue weighted by atomic mass is 16.5. The molecule has 8 nitrogen and oxygen atoms in total. The van der Waals surface area contributed by atoms with E-state index in [9.17, 15) is 14.4 Å². The van der Waals surface area contributed by atoms with Crippen LogP contribution in [-0.4, -0.2) is 39.7 Å². The Morgan fingerprint density at radius 2 is 1.82 bits per heavy atom. The first-order chi connectivity index (χ1) is 13.2. The third kappa shape index (κ3) is 5.42. The van der Waals surface area contributed by atoms with Crippen molar-refractivity contribution in [1.29, 1.82) is 0 Å². The Balaban J connectivity index is 1.90. The smallest absolute Gasteiger partial charge is 0.329 e. The normalized spacial score (nSPS) is 12.9. The highest BCUT2D eigenvalue weighted by Gasteiger charge is 2.24. The van der Waals surface area contributed by atoms with Crippen molar-refractivity contribution < 1.29 is 19.1 Å². The third-order valence-electron chi connectivity index (χ3n) is 4.05. The summed E-state index contributed by atoms with van der Waals surface area (Å²) >= 11 is 0. The molecule has 1 aromatic heterocycles. The van der Waals surface area contributed by atoms with Gasteiger partial charge in [0.2, 0.25) is 0 Å². The lowest BCUT2D eigenvalue weighted by Gasteiger charge is -2.18. The Morgan fingerprint density at radius 1 is 1.11 bits per heavy atom. The maximum atomic E-state index is 12.3. The molecule has 0 aliphatic heterocycles. The van der Waals surface area contributed by atoms with Crippen LogP contribution in [0.2, 0.25) is 0 Å². The van der Waals surface area contributed by atoms with Crippen molar-refractivity contribution in [2.45, 2.75) is 52.8 Å². The number of esters is 1. The molecule has 0 radical (unpaired) electrons. The highest BCUT2D eigenvalue weighted by Crippen LogP contribution is 2.13. The largest absolute Gasteiger partial charge is 0.451 e. The second kappa shape index (κ2) is 9.16. The summed E-state index contributed by atoms with van der Waals surface area (Å²) in [7, 11) is 0. The molecule has 0 spiro atoms.